The number of hydrogen-bond donors (Lipinski definition) is 1. The van der Waals surface area contributed by atoms with Gasteiger partial charge in [-0.1, -0.05) is 53.5 Å². The Bertz CT molecular complexity index is 2470. The predicted octanol–water partition coefficient (Wildman–Crippen LogP) is 10.4. The molecule has 3 aliphatic heterocycles. The van der Waals surface area contributed by atoms with Crippen molar-refractivity contribution in [3.63, 3.8) is 0 Å². The maximum atomic E-state index is 17.7. The summed E-state index contributed by atoms with van der Waals surface area (Å²) in [6, 6.07) is 4.29. The third kappa shape index (κ3) is 9.58. The van der Waals surface area contributed by atoms with E-state index in [1.807, 2.05) is 4.90 Å². The highest BCUT2D eigenvalue weighted by atomic mass is 28.3. The van der Waals surface area contributed by atoms with E-state index in [0.717, 1.165) is 6.42 Å². The number of carbonyl (C=O) groups is 1. The second-order valence-electron chi connectivity index (χ2n) is 19.7. The molecule has 0 radical (unpaired) electrons. The number of benzene rings is 2. The van der Waals surface area contributed by atoms with Gasteiger partial charge in [-0.3, -0.25) is 9.88 Å². The molecule has 3 fully saturated rings. The minimum atomic E-state index is -3.48. The lowest BCUT2D eigenvalue weighted by atomic mass is 9.95. The van der Waals surface area contributed by atoms with Gasteiger partial charge in [0.05, 0.1) is 29.1 Å². The van der Waals surface area contributed by atoms with Crippen LogP contribution in [0.1, 0.15) is 93.6 Å². The molecule has 17 heteroatoms. The van der Waals surface area contributed by atoms with E-state index in [2.05, 4.69) is 73.3 Å². The minimum Gasteiger partial charge on any atom is -0.468 e. The monoisotopic (exact) mass is 924 g/mol. The Morgan fingerprint density at radius 2 is 1.75 bits per heavy atom. The number of pyridine rings is 1. The number of ether oxygens (including phenoxy) is 4. The van der Waals surface area contributed by atoms with Crippen molar-refractivity contribution >= 4 is 41.7 Å². The highest BCUT2D eigenvalue weighted by Gasteiger charge is 2.50. The zero-order valence-corrected chi connectivity index (χ0v) is 40.0. The molecular weight excluding hydrogens is 864 g/mol. The topological polar surface area (TPSA) is 111 Å². The van der Waals surface area contributed by atoms with Crippen molar-refractivity contribution in [1.82, 2.24) is 25.2 Å². The first-order valence-corrected chi connectivity index (χ1v) is 24.7. The Balaban J connectivity index is 1.39. The SMILES string of the molecule is COCOc1cc(-c2ncc3c(N4CCC(NC(=O)OC(C)(C)C)C(F)(F)C4)nc(OC[C@@]45CCCN4C[C@H](F)C5)nc3c2F)c2c(C#C[Si](C(C)C)(C(C)C)C(C)C)c(F)ccc2c1. The van der Waals surface area contributed by atoms with Crippen LogP contribution in [0.3, 0.4) is 0 Å². The summed E-state index contributed by atoms with van der Waals surface area (Å²) < 4.78 is 103. The first kappa shape index (κ1) is 48.1. The molecule has 2 aromatic carbocycles. The molecule has 352 valence electrons. The molecule has 1 unspecified atom stereocenters. The Labute approximate surface area is 379 Å². The first-order chi connectivity index (χ1) is 30.6. The Morgan fingerprint density at radius 3 is 2.42 bits per heavy atom. The van der Waals surface area contributed by atoms with Crippen molar-refractivity contribution in [2.75, 3.05) is 51.6 Å². The van der Waals surface area contributed by atoms with Gasteiger partial charge >= 0.3 is 12.1 Å². The molecule has 2 aromatic heterocycles. The summed E-state index contributed by atoms with van der Waals surface area (Å²) in [6.07, 6.45) is 0.841. The number of amides is 1. The Hall–Kier alpha value is -4.79. The summed E-state index contributed by atoms with van der Waals surface area (Å²) in [5.74, 6) is -1.53. The molecule has 3 atom stereocenters. The Morgan fingerprint density at radius 1 is 1.03 bits per heavy atom. The number of fused-ring (bicyclic) bond motifs is 3. The molecule has 3 saturated heterocycles. The number of methoxy groups -OCH3 is 1. The van der Waals surface area contributed by atoms with Crippen LogP contribution in [0.15, 0.2) is 30.5 Å². The lowest BCUT2D eigenvalue weighted by Crippen LogP contribution is -2.59. The van der Waals surface area contributed by atoms with Crippen LogP contribution in [-0.4, -0.2) is 110 Å². The molecule has 0 aliphatic carbocycles. The third-order valence-electron chi connectivity index (χ3n) is 13.4. The van der Waals surface area contributed by atoms with Gasteiger partial charge in [-0.15, -0.1) is 5.54 Å². The number of alkyl halides is 3. The van der Waals surface area contributed by atoms with Gasteiger partial charge in [-0.2, -0.15) is 9.97 Å². The van der Waals surface area contributed by atoms with Crippen LogP contribution in [0, 0.1) is 23.1 Å². The highest BCUT2D eigenvalue weighted by molar-refractivity contribution is 6.90. The maximum Gasteiger partial charge on any atom is 0.408 e. The fourth-order valence-corrected chi connectivity index (χ4v) is 15.7. The van der Waals surface area contributed by atoms with Crippen LogP contribution < -0.4 is 19.7 Å². The number of piperidine rings is 1. The van der Waals surface area contributed by atoms with E-state index in [0.29, 0.717) is 23.7 Å². The maximum absolute atomic E-state index is 17.7. The van der Waals surface area contributed by atoms with Crippen LogP contribution >= 0.6 is 0 Å². The van der Waals surface area contributed by atoms with Gasteiger partial charge in [-0.25, -0.2) is 26.7 Å². The van der Waals surface area contributed by atoms with Crippen molar-refractivity contribution < 1.29 is 45.7 Å². The van der Waals surface area contributed by atoms with Crippen molar-refractivity contribution in [3.05, 3.63) is 47.7 Å². The number of alkyl carbamates (subject to hydrolysis) is 1. The molecule has 5 heterocycles. The summed E-state index contributed by atoms with van der Waals surface area (Å²) in [4.78, 5) is 29.7. The smallest absolute Gasteiger partial charge is 0.408 e. The van der Waals surface area contributed by atoms with Crippen molar-refractivity contribution in [2.24, 2.45) is 0 Å². The summed E-state index contributed by atoms with van der Waals surface area (Å²) in [5, 5.41) is 3.14. The van der Waals surface area contributed by atoms with E-state index in [9.17, 15) is 9.18 Å². The normalized spacial score (nSPS) is 21.3. The molecule has 11 nitrogen and oxygen atoms in total. The average Bonchev–Trinajstić information content (AvgIpc) is 3.75. The second-order valence-corrected chi connectivity index (χ2v) is 25.3. The third-order valence-corrected chi connectivity index (χ3v) is 19.7. The van der Waals surface area contributed by atoms with Gasteiger partial charge in [0.15, 0.2) is 12.6 Å². The van der Waals surface area contributed by atoms with Crippen LogP contribution in [0.5, 0.6) is 11.8 Å². The fourth-order valence-electron chi connectivity index (χ4n) is 10.4. The number of halogens is 5. The molecular formula is C48H61F5N6O5Si. The minimum absolute atomic E-state index is 0.00523. The molecule has 0 bridgehead atoms. The summed E-state index contributed by atoms with van der Waals surface area (Å²) in [7, 11) is -0.922. The van der Waals surface area contributed by atoms with E-state index in [1.54, 1.807) is 39.0 Å². The summed E-state index contributed by atoms with van der Waals surface area (Å²) in [5.41, 5.74) is 2.57. The van der Waals surface area contributed by atoms with Gasteiger partial charge in [-0.05, 0) is 86.8 Å². The van der Waals surface area contributed by atoms with Crippen LogP contribution in [-0.2, 0) is 9.47 Å². The van der Waals surface area contributed by atoms with Gasteiger partial charge in [0.2, 0.25) is 0 Å². The number of nitrogens with zero attached hydrogens (tertiary/aromatic N) is 5. The van der Waals surface area contributed by atoms with E-state index < -0.39 is 61.6 Å². The number of carbonyl (C=O) groups excluding carboxylic acids is 1. The lowest BCUT2D eigenvalue weighted by molar-refractivity contribution is -0.0459. The Kier molecular flexibility index (Phi) is 13.7. The standard InChI is InChI=1S/C48H61F5N6O5Si/c1-28(2)65(29(3)4,30(5)6)19-15-34-37(50)13-12-31-20-33(63-27-61-10)21-35(39(31)34)41-40(51)42-36(23-54-41)43(57-44(56-42)62-26-47-16-11-17-59(47)24-32(49)22-47)58-18-14-38(48(52,53)25-58)55-45(60)64-46(7,8)9/h12-13,20-21,23,28-30,32,38H,11,14,16-18,22,24-27H2,1-10H3,(H,55,60)/t32-,38?,47+/m1/s1. The molecule has 3 aliphatic rings. The van der Waals surface area contributed by atoms with E-state index in [-0.39, 0.29) is 101 Å². The molecule has 0 spiro atoms. The van der Waals surface area contributed by atoms with Gasteiger partial charge in [0.1, 0.15) is 55.0 Å². The van der Waals surface area contributed by atoms with Gasteiger partial charge in [0, 0.05) is 43.8 Å². The molecule has 1 amide bonds. The second kappa shape index (κ2) is 18.5. The molecule has 4 aromatic rings. The van der Waals surface area contributed by atoms with Crippen molar-refractivity contribution in [3.8, 4) is 34.5 Å². The fraction of sp³-hybridized carbons (Fsp3) is 0.583. The largest absolute Gasteiger partial charge is 0.468 e. The van der Waals surface area contributed by atoms with Crippen LogP contribution in [0.25, 0.3) is 32.9 Å². The van der Waals surface area contributed by atoms with E-state index >= 15 is 17.6 Å². The number of anilines is 1. The molecule has 1 N–H and O–H groups in total. The summed E-state index contributed by atoms with van der Waals surface area (Å²) in [6.45, 7) is 17.8. The highest BCUT2D eigenvalue weighted by Crippen LogP contribution is 2.44. The number of aromatic nitrogens is 3. The number of hydrogen-bond acceptors (Lipinski definition) is 10. The molecule has 0 saturated carbocycles. The summed E-state index contributed by atoms with van der Waals surface area (Å²) >= 11 is 0. The van der Waals surface area contributed by atoms with Crippen molar-refractivity contribution in [1.29, 1.82) is 0 Å². The van der Waals surface area contributed by atoms with Crippen molar-refractivity contribution in [2.45, 2.75) is 134 Å². The number of nitrogens with one attached hydrogen (secondary N) is 1. The van der Waals surface area contributed by atoms with Crippen LogP contribution in [0.2, 0.25) is 16.6 Å². The van der Waals surface area contributed by atoms with Gasteiger partial charge < -0.3 is 29.2 Å². The quantitative estimate of drug-likeness (QED) is 0.0638. The lowest BCUT2D eigenvalue weighted by Gasteiger charge is -2.39. The predicted molar refractivity (Wildman–Crippen MR) is 244 cm³/mol. The zero-order chi connectivity index (χ0) is 47.2. The van der Waals surface area contributed by atoms with E-state index in [1.165, 1.54) is 24.3 Å². The van der Waals surface area contributed by atoms with E-state index in [4.69, 9.17) is 18.9 Å². The molecule has 7 rings (SSSR count). The van der Waals surface area contributed by atoms with Gasteiger partial charge in [0.25, 0.3) is 5.92 Å². The zero-order valence-electron chi connectivity index (χ0n) is 39.0. The van der Waals surface area contributed by atoms with Crippen LogP contribution in [0.4, 0.5) is 32.6 Å². The molecule has 65 heavy (non-hydrogen) atoms. The average molecular weight is 925 g/mol. The number of rotatable bonds is 12. The first-order valence-electron chi connectivity index (χ1n) is 22.5.